The molecule has 1 aromatic carbocycles. The van der Waals surface area contributed by atoms with E-state index < -0.39 is 11.8 Å². The molecule has 0 heterocycles. The Hall–Kier alpha value is -2.04. The first-order valence-electron chi connectivity index (χ1n) is 5.83. The number of rotatable bonds is 4. The Morgan fingerprint density at radius 3 is 2.56 bits per heavy atom. The minimum Gasteiger partial charge on any atom is -0.495 e. The number of carbonyl (C=O) groups is 2. The number of benzene rings is 1. The van der Waals surface area contributed by atoms with E-state index in [1.54, 1.807) is 24.3 Å². The average Bonchev–Trinajstić information content (AvgIpc) is 2.39. The van der Waals surface area contributed by atoms with Crippen LogP contribution in [0.5, 0.6) is 5.75 Å². The molecule has 0 aliphatic heterocycles. The van der Waals surface area contributed by atoms with E-state index in [0.717, 1.165) is 6.42 Å². The summed E-state index contributed by atoms with van der Waals surface area (Å²) in [6.07, 6.45) is 0.772. The van der Waals surface area contributed by atoms with E-state index in [1.165, 1.54) is 7.11 Å². The predicted octanol–water partition coefficient (Wildman–Crippen LogP) is 1.55. The lowest BCUT2D eigenvalue weighted by Crippen LogP contribution is -2.40. The van der Waals surface area contributed by atoms with Crippen LogP contribution in [0.15, 0.2) is 24.3 Å². The van der Waals surface area contributed by atoms with Gasteiger partial charge in [-0.1, -0.05) is 19.1 Å². The quantitative estimate of drug-likeness (QED) is 0.797. The minimum atomic E-state index is -0.695. The number of para-hydroxylation sites is 2. The SMILES string of the molecule is CCC(C)NC(=O)C(=O)Nc1ccccc1OC. The van der Waals surface area contributed by atoms with Crippen LogP contribution in [-0.2, 0) is 9.59 Å². The molecular formula is C13H18N2O3. The third-order valence-electron chi connectivity index (χ3n) is 2.55. The van der Waals surface area contributed by atoms with Crippen LogP contribution in [0.4, 0.5) is 5.69 Å². The van der Waals surface area contributed by atoms with Crippen molar-refractivity contribution in [3.8, 4) is 5.75 Å². The van der Waals surface area contributed by atoms with Gasteiger partial charge in [0, 0.05) is 6.04 Å². The highest BCUT2D eigenvalue weighted by Gasteiger charge is 2.16. The zero-order chi connectivity index (χ0) is 13.5. The molecule has 0 bridgehead atoms. The maximum atomic E-state index is 11.7. The van der Waals surface area contributed by atoms with Crippen LogP contribution in [-0.4, -0.2) is 25.0 Å². The summed E-state index contributed by atoms with van der Waals surface area (Å²) in [6.45, 7) is 3.78. The van der Waals surface area contributed by atoms with E-state index in [9.17, 15) is 9.59 Å². The fourth-order valence-electron chi connectivity index (χ4n) is 1.32. The van der Waals surface area contributed by atoms with Crippen molar-refractivity contribution in [1.29, 1.82) is 0 Å². The van der Waals surface area contributed by atoms with Gasteiger partial charge in [-0.15, -0.1) is 0 Å². The second kappa shape index (κ2) is 6.64. The molecular weight excluding hydrogens is 232 g/mol. The van der Waals surface area contributed by atoms with Crippen molar-refractivity contribution in [3.63, 3.8) is 0 Å². The lowest BCUT2D eigenvalue weighted by Gasteiger charge is -2.12. The number of ether oxygens (including phenoxy) is 1. The highest BCUT2D eigenvalue weighted by atomic mass is 16.5. The summed E-state index contributed by atoms with van der Waals surface area (Å²) in [5, 5.41) is 5.11. The largest absolute Gasteiger partial charge is 0.495 e. The maximum Gasteiger partial charge on any atom is 0.313 e. The van der Waals surface area contributed by atoms with E-state index in [0.29, 0.717) is 11.4 Å². The van der Waals surface area contributed by atoms with Crippen LogP contribution < -0.4 is 15.4 Å². The molecule has 5 nitrogen and oxygen atoms in total. The molecule has 1 unspecified atom stereocenters. The van der Waals surface area contributed by atoms with Crippen molar-refractivity contribution < 1.29 is 14.3 Å². The molecule has 0 radical (unpaired) electrons. The van der Waals surface area contributed by atoms with E-state index in [2.05, 4.69) is 10.6 Å². The zero-order valence-electron chi connectivity index (χ0n) is 10.8. The second-order valence-electron chi connectivity index (χ2n) is 3.94. The molecule has 2 amide bonds. The van der Waals surface area contributed by atoms with Gasteiger partial charge in [0.05, 0.1) is 12.8 Å². The van der Waals surface area contributed by atoms with Crippen molar-refractivity contribution in [2.45, 2.75) is 26.3 Å². The van der Waals surface area contributed by atoms with Gasteiger partial charge in [0.1, 0.15) is 5.75 Å². The normalized spacial score (nSPS) is 11.5. The molecule has 0 saturated carbocycles. The summed E-state index contributed by atoms with van der Waals surface area (Å²) in [4.78, 5) is 23.2. The van der Waals surface area contributed by atoms with Crippen LogP contribution in [0.1, 0.15) is 20.3 Å². The summed E-state index contributed by atoms with van der Waals surface area (Å²) in [5.41, 5.74) is 0.476. The smallest absolute Gasteiger partial charge is 0.313 e. The molecule has 0 aliphatic carbocycles. The highest BCUT2D eigenvalue weighted by Crippen LogP contribution is 2.22. The number of hydrogen-bond donors (Lipinski definition) is 2. The fraction of sp³-hybridized carbons (Fsp3) is 0.385. The molecule has 0 aliphatic rings. The van der Waals surface area contributed by atoms with Gasteiger partial charge >= 0.3 is 11.8 Å². The first kappa shape index (κ1) is 14.0. The molecule has 5 heteroatoms. The number of carbonyl (C=O) groups excluding carboxylic acids is 2. The number of methoxy groups -OCH3 is 1. The molecule has 2 N–H and O–H groups in total. The summed E-state index contributed by atoms with van der Waals surface area (Å²) >= 11 is 0. The zero-order valence-corrected chi connectivity index (χ0v) is 10.8. The van der Waals surface area contributed by atoms with E-state index in [1.807, 2.05) is 13.8 Å². The van der Waals surface area contributed by atoms with Gasteiger partial charge in [0.2, 0.25) is 0 Å². The van der Waals surface area contributed by atoms with Gasteiger partial charge < -0.3 is 15.4 Å². The number of nitrogens with one attached hydrogen (secondary N) is 2. The van der Waals surface area contributed by atoms with Crippen LogP contribution in [0.3, 0.4) is 0 Å². The van der Waals surface area contributed by atoms with E-state index in [4.69, 9.17) is 4.74 Å². The van der Waals surface area contributed by atoms with E-state index >= 15 is 0 Å². The van der Waals surface area contributed by atoms with Crippen molar-refractivity contribution >= 4 is 17.5 Å². The molecule has 0 spiro atoms. The van der Waals surface area contributed by atoms with Gasteiger partial charge in [-0.25, -0.2) is 0 Å². The summed E-state index contributed by atoms with van der Waals surface area (Å²) in [6, 6.07) is 6.90. The Bertz CT molecular complexity index is 432. The molecule has 18 heavy (non-hydrogen) atoms. The summed E-state index contributed by atoms with van der Waals surface area (Å²) < 4.78 is 5.08. The van der Waals surface area contributed by atoms with E-state index in [-0.39, 0.29) is 6.04 Å². The average molecular weight is 250 g/mol. The van der Waals surface area contributed by atoms with Crippen molar-refractivity contribution in [3.05, 3.63) is 24.3 Å². The van der Waals surface area contributed by atoms with Crippen molar-refractivity contribution in [2.75, 3.05) is 12.4 Å². The van der Waals surface area contributed by atoms with Crippen LogP contribution in [0.2, 0.25) is 0 Å². The van der Waals surface area contributed by atoms with Crippen LogP contribution >= 0.6 is 0 Å². The molecule has 0 saturated heterocycles. The molecule has 1 aromatic rings. The molecule has 98 valence electrons. The molecule has 0 fully saturated rings. The fourth-order valence-corrected chi connectivity index (χ4v) is 1.32. The van der Waals surface area contributed by atoms with Crippen LogP contribution in [0, 0.1) is 0 Å². The van der Waals surface area contributed by atoms with Crippen LogP contribution in [0.25, 0.3) is 0 Å². The van der Waals surface area contributed by atoms with Crippen molar-refractivity contribution in [2.24, 2.45) is 0 Å². The second-order valence-corrected chi connectivity index (χ2v) is 3.94. The molecule has 0 aromatic heterocycles. The standard InChI is InChI=1S/C13H18N2O3/c1-4-9(2)14-12(16)13(17)15-10-7-5-6-8-11(10)18-3/h5-9H,4H2,1-3H3,(H,14,16)(H,15,17). The van der Waals surface area contributed by atoms with Gasteiger partial charge in [0.15, 0.2) is 0 Å². The summed E-state index contributed by atoms with van der Waals surface area (Å²) in [7, 11) is 1.50. The van der Waals surface area contributed by atoms with Gasteiger partial charge in [0.25, 0.3) is 0 Å². The number of hydrogen-bond acceptors (Lipinski definition) is 3. The Morgan fingerprint density at radius 1 is 1.28 bits per heavy atom. The number of anilines is 1. The first-order valence-corrected chi connectivity index (χ1v) is 5.83. The summed E-state index contributed by atoms with van der Waals surface area (Å²) in [5.74, 6) is -0.822. The van der Waals surface area contributed by atoms with Gasteiger partial charge in [-0.2, -0.15) is 0 Å². The highest BCUT2D eigenvalue weighted by molar-refractivity contribution is 6.39. The number of amides is 2. The maximum absolute atomic E-state index is 11.7. The monoisotopic (exact) mass is 250 g/mol. The lowest BCUT2D eigenvalue weighted by atomic mass is 10.2. The van der Waals surface area contributed by atoms with Gasteiger partial charge in [-0.05, 0) is 25.5 Å². The Balaban J connectivity index is 2.67. The third kappa shape index (κ3) is 3.76. The molecule has 1 rings (SSSR count). The van der Waals surface area contributed by atoms with Gasteiger partial charge in [-0.3, -0.25) is 9.59 Å². The minimum absolute atomic E-state index is 0.0269. The Kier molecular flexibility index (Phi) is 5.17. The lowest BCUT2D eigenvalue weighted by molar-refractivity contribution is -0.136. The predicted molar refractivity (Wildman–Crippen MR) is 69.5 cm³/mol. The third-order valence-corrected chi connectivity index (χ3v) is 2.55. The Labute approximate surface area is 107 Å². The van der Waals surface area contributed by atoms with Crippen molar-refractivity contribution in [1.82, 2.24) is 5.32 Å². The Morgan fingerprint density at radius 2 is 1.94 bits per heavy atom. The first-order chi connectivity index (χ1) is 8.58. The molecule has 1 atom stereocenters. The topological polar surface area (TPSA) is 67.4 Å².